The van der Waals surface area contributed by atoms with E-state index in [0.29, 0.717) is 4.88 Å². The Bertz CT molecular complexity index is 399. The zero-order valence-electron chi connectivity index (χ0n) is 11.0. The number of carbonyl (C=O) groups excluding carboxylic acids is 1. The molecular weight excluding hydrogens is 248 g/mol. The van der Waals surface area contributed by atoms with E-state index in [1.807, 2.05) is 0 Å². The third kappa shape index (κ3) is 3.22. The topological polar surface area (TPSA) is 42.4 Å². The van der Waals surface area contributed by atoms with Crippen molar-refractivity contribution in [1.29, 1.82) is 0 Å². The van der Waals surface area contributed by atoms with Gasteiger partial charge in [-0.2, -0.15) is 0 Å². The van der Waals surface area contributed by atoms with E-state index in [2.05, 4.69) is 16.9 Å². The summed E-state index contributed by atoms with van der Waals surface area (Å²) < 4.78 is 4.69. The van der Waals surface area contributed by atoms with Gasteiger partial charge < -0.3 is 9.64 Å². The Kier molecular flexibility index (Phi) is 4.58. The van der Waals surface area contributed by atoms with E-state index in [1.54, 1.807) is 6.20 Å². The largest absolute Gasteiger partial charge is 0.465 e. The Labute approximate surface area is 112 Å². The van der Waals surface area contributed by atoms with Crippen LogP contribution in [0.25, 0.3) is 0 Å². The van der Waals surface area contributed by atoms with Crippen molar-refractivity contribution in [3.8, 4) is 0 Å². The highest BCUT2D eigenvalue weighted by Crippen LogP contribution is 2.27. The molecule has 2 rings (SSSR count). The lowest BCUT2D eigenvalue weighted by Gasteiger charge is -2.26. The van der Waals surface area contributed by atoms with Gasteiger partial charge in [-0.05, 0) is 18.8 Å². The van der Waals surface area contributed by atoms with Crippen LogP contribution in [0.4, 0.5) is 5.13 Å². The van der Waals surface area contributed by atoms with Gasteiger partial charge in [0.05, 0.1) is 13.3 Å². The minimum atomic E-state index is -0.301. The SMILES string of the molecule is COC(=O)c1cnc(N(C)CC2CCCCC2)s1. The summed E-state index contributed by atoms with van der Waals surface area (Å²) in [5.41, 5.74) is 0. The molecule has 1 aromatic heterocycles. The highest BCUT2D eigenvalue weighted by Gasteiger charge is 2.18. The maximum Gasteiger partial charge on any atom is 0.349 e. The average molecular weight is 268 g/mol. The number of hydrogen-bond acceptors (Lipinski definition) is 5. The number of thiazole rings is 1. The van der Waals surface area contributed by atoms with Gasteiger partial charge >= 0.3 is 5.97 Å². The van der Waals surface area contributed by atoms with Crippen LogP contribution in [0.15, 0.2) is 6.20 Å². The van der Waals surface area contributed by atoms with Crippen molar-refractivity contribution in [3.05, 3.63) is 11.1 Å². The lowest BCUT2D eigenvalue weighted by atomic mass is 9.89. The van der Waals surface area contributed by atoms with Gasteiger partial charge in [-0.1, -0.05) is 30.6 Å². The molecule has 0 spiro atoms. The molecule has 0 aliphatic heterocycles. The van der Waals surface area contributed by atoms with Gasteiger partial charge in [-0.3, -0.25) is 0 Å². The fourth-order valence-corrected chi connectivity index (χ4v) is 3.28. The second-order valence-corrected chi connectivity index (χ2v) is 5.89. The molecule has 100 valence electrons. The maximum atomic E-state index is 11.4. The summed E-state index contributed by atoms with van der Waals surface area (Å²) in [7, 11) is 3.45. The first kappa shape index (κ1) is 13.3. The molecule has 0 bridgehead atoms. The fraction of sp³-hybridized carbons (Fsp3) is 0.692. The molecule has 5 heteroatoms. The van der Waals surface area contributed by atoms with E-state index < -0.39 is 0 Å². The van der Waals surface area contributed by atoms with Crippen LogP contribution < -0.4 is 4.90 Å². The molecule has 1 heterocycles. The average Bonchev–Trinajstić information content (AvgIpc) is 2.88. The van der Waals surface area contributed by atoms with Gasteiger partial charge in [0.2, 0.25) is 0 Å². The van der Waals surface area contributed by atoms with Crippen molar-refractivity contribution in [2.24, 2.45) is 5.92 Å². The molecule has 1 saturated carbocycles. The second kappa shape index (κ2) is 6.18. The Hall–Kier alpha value is -1.10. The van der Waals surface area contributed by atoms with Crippen molar-refractivity contribution < 1.29 is 9.53 Å². The predicted octanol–water partition coefficient (Wildman–Crippen LogP) is 2.95. The smallest absolute Gasteiger partial charge is 0.349 e. The summed E-state index contributed by atoms with van der Waals surface area (Å²) in [4.78, 5) is 18.4. The van der Waals surface area contributed by atoms with Crippen LogP contribution in [0.2, 0.25) is 0 Å². The third-order valence-corrected chi connectivity index (χ3v) is 4.56. The number of nitrogens with zero attached hydrogens (tertiary/aromatic N) is 2. The molecular formula is C13H20N2O2S. The summed E-state index contributed by atoms with van der Waals surface area (Å²) in [5.74, 6) is 0.471. The van der Waals surface area contributed by atoms with Crippen LogP contribution >= 0.6 is 11.3 Å². The fourth-order valence-electron chi connectivity index (χ4n) is 2.47. The zero-order valence-corrected chi connectivity index (χ0v) is 11.8. The second-order valence-electron chi connectivity index (χ2n) is 4.88. The van der Waals surface area contributed by atoms with Gasteiger partial charge in [-0.25, -0.2) is 9.78 Å². The number of aromatic nitrogens is 1. The Morgan fingerprint density at radius 3 is 2.89 bits per heavy atom. The van der Waals surface area contributed by atoms with Crippen LogP contribution in [0, 0.1) is 5.92 Å². The molecule has 1 aliphatic rings. The van der Waals surface area contributed by atoms with Crippen molar-refractivity contribution in [2.45, 2.75) is 32.1 Å². The van der Waals surface area contributed by atoms with Gasteiger partial charge in [0.25, 0.3) is 0 Å². The number of hydrogen-bond donors (Lipinski definition) is 0. The highest BCUT2D eigenvalue weighted by atomic mass is 32.1. The Morgan fingerprint density at radius 1 is 1.50 bits per heavy atom. The Morgan fingerprint density at radius 2 is 2.22 bits per heavy atom. The number of anilines is 1. The summed E-state index contributed by atoms with van der Waals surface area (Å²) in [6, 6.07) is 0. The van der Waals surface area contributed by atoms with Crippen molar-refractivity contribution in [3.63, 3.8) is 0 Å². The molecule has 0 atom stereocenters. The molecule has 0 saturated heterocycles. The number of carbonyl (C=O) groups is 1. The van der Waals surface area contributed by atoms with Crippen LogP contribution in [0.1, 0.15) is 41.8 Å². The van der Waals surface area contributed by atoms with E-state index >= 15 is 0 Å². The Balaban J connectivity index is 1.93. The quantitative estimate of drug-likeness (QED) is 0.787. The van der Waals surface area contributed by atoms with Crippen molar-refractivity contribution >= 4 is 22.4 Å². The van der Waals surface area contributed by atoms with Crippen LogP contribution in [0.3, 0.4) is 0 Å². The number of rotatable bonds is 4. The lowest BCUT2D eigenvalue weighted by Crippen LogP contribution is -2.26. The summed E-state index contributed by atoms with van der Waals surface area (Å²) in [5, 5.41) is 0.904. The third-order valence-electron chi connectivity index (χ3n) is 3.46. The zero-order chi connectivity index (χ0) is 13.0. The summed E-state index contributed by atoms with van der Waals surface area (Å²) in [6.45, 7) is 1.04. The first-order valence-corrected chi connectivity index (χ1v) is 7.27. The monoisotopic (exact) mass is 268 g/mol. The molecule has 0 N–H and O–H groups in total. The standard InChI is InChI=1S/C13H20N2O2S/c1-15(9-10-6-4-3-5-7-10)13-14-8-11(18-13)12(16)17-2/h8,10H,3-7,9H2,1-2H3. The first-order chi connectivity index (χ1) is 8.70. The molecule has 18 heavy (non-hydrogen) atoms. The van der Waals surface area contributed by atoms with Crippen LogP contribution in [-0.2, 0) is 4.74 Å². The van der Waals surface area contributed by atoms with E-state index in [9.17, 15) is 4.79 Å². The van der Waals surface area contributed by atoms with Gasteiger partial charge in [0.1, 0.15) is 4.88 Å². The van der Waals surface area contributed by atoms with Crippen LogP contribution in [0.5, 0.6) is 0 Å². The maximum absolute atomic E-state index is 11.4. The first-order valence-electron chi connectivity index (χ1n) is 6.46. The van der Waals surface area contributed by atoms with Gasteiger partial charge in [-0.15, -0.1) is 0 Å². The van der Waals surface area contributed by atoms with Crippen molar-refractivity contribution in [2.75, 3.05) is 25.6 Å². The summed E-state index contributed by atoms with van der Waals surface area (Å²) in [6.07, 6.45) is 8.32. The minimum Gasteiger partial charge on any atom is -0.465 e. The van der Waals surface area contributed by atoms with E-state index in [4.69, 9.17) is 4.74 Å². The summed E-state index contributed by atoms with van der Waals surface area (Å²) >= 11 is 1.40. The predicted molar refractivity (Wildman–Crippen MR) is 73.3 cm³/mol. The molecule has 0 aromatic carbocycles. The minimum absolute atomic E-state index is 0.301. The van der Waals surface area contributed by atoms with Crippen molar-refractivity contribution in [1.82, 2.24) is 4.98 Å². The molecule has 0 unspecified atom stereocenters. The molecule has 1 fully saturated rings. The lowest BCUT2D eigenvalue weighted by molar-refractivity contribution is 0.0606. The molecule has 1 aromatic rings. The van der Waals surface area contributed by atoms with Gasteiger partial charge in [0.15, 0.2) is 5.13 Å². The number of esters is 1. The van der Waals surface area contributed by atoms with E-state index in [1.165, 1.54) is 50.6 Å². The van der Waals surface area contributed by atoms with E-state index in [0.717, 1.165) is 17.6 Å². The normalized spacial score (nSPS) is 16.6. The van der Waals surface area contributed by atoms with Gasteiger partial charge in [0, 0.05) is 13.6 Å². The number of ether oxygens (including phenoxy) is 1. The number of methoxy groups -OCH3 is 1. The molecule has 4 nitrogen and oxygen atoms in total. The van der Waals surface area contributed by atoms with Crippen LogP contribution in [-0.4, -0.2) is 31.7 Å². The highest BCUT2D eigenvalue weighted by molar-refractivity contribution is 7.17. The van der Waals surface area contributed by atoms with E-state index in [-0.39, 0.29) is 5.97 Å². The molecule has 0 radical (unpaired) electrons. The molecule has 0 amide bonds. The molecule has 1 aliphatic carbocycles.